The lowest BCUT2D eigenvalue weighted by molar-refractivity contribution is 0.102. The lowest BCUT2D eigenvalue weighted by atomic mass is 10.1. The van der Waals surface area contributed by atoms with Crippen molar-refractivity contribution in [1.29, 1.82) is 0 Å². The summed E-state index contributed by atoms with van der Waals surface area (Å²) in [6.45, 7) is 3.98. The van der Waals surface area contributed by atoms with Crippen LogP contribution in [0.3, 0.4) is 0 Å². The minimum Gasteiger partial charge on any atom is -0.463 e. The maximum Gasteiger partial charge on any atom is 0.295 e. The predicted molar refractivity (Wildman–Crippen MR) is 104 cm³/mol. The summed E-state index contributed by atoms with van der Waals surface area (Å²) in [7, 11) is 1.82. The van der Waals surface area contributed by atoms with Gasteiger partial charge in [0.25, 0.3) is 11.5 Å². The monoisotopic (exact) mass is 364 g/mol. The van der Waals surface area contributed by atoms with Crippen LogP contribution in [0, 0.1) is 0 Å². The van der Waals surface area contributed by atoms with Crippen molar-refractivity contribution < 1.29 is 9.21 Å². The quantitative estimate of drug-likeness (QED) is 0.580. The molecule has 0 atom stereocenters. The minimum absolute atomic E-state index is 0.0443. The Morgan fingerprint density at radius 1 is 1.19 bits per heavy atom. The Balaban J connectivity index is 1.78. The molecular weight excluding hydrogens is 344 g/mol. The first kappa shape index (κ1) is 17.0. The van der Waals surface area contributed by atoms with Gasteiger partial charge in [-0.25, -0.2) is 4.68 Å². The molecule has 0 aliphatic rings. The standard InChI is InChI=1S/C20H20N4O3/c1-12(2)18-17(20(26)24(23(18)3)13-7-5-4-6-8-13)22-19(25)15-11-16-14(21-15)9-10-27-16/h4-12,21H,1-3H3,(H,22,25). The number of hydrogen-bond acceptors (Lipinski definition) is 3. The van der Waals surface area contributed by atoms with Gasteiger partial charge < -0.3 is 14.7 Å². The van der Waals surface area contributed by atoms with Crippen LogP contribution in [0.4, 0.5) is 5.69 Å². The highest BCUT2D eigenvalue weighted by atomic mass is 16.3. The normalized spacial score (nSPS) is 11.4. The molecule has 0 unspecified atom stereocenters. The number of H-pyrrole nitrogens is 1. The Morgan fingerprint density at radius 2 is 1.93 bits per heavy atom. The molecule has 7 nitrogen and oxygen atoms in total. The van der Waals surface area contributed by atoms with Crippen molar-refractivity contribution in [3.05, 3.63) is 70.5 Å². The molecular formula is C20H20N4O3. The number of benzene rings is 1. The number of amides is 1. The van der Waals surface area contributed by atoms with Crippen molar-refractivity contribution >= 4 is 22.7 Å². The van der Waals surface area contributed by atoms with Gasteiger partial charge in [-0.05, 0) is 18.1 Å². The second-order valence-corrected chi connectivity index (χ2v) is 6.73. The number of para-hydroxylation sites is 1. The van der Waals surface area contributed by atoms with E-state index in [0.717, 1.165) is 16.9 Å². The van der Waals surface area contributed by atoms with Crippen LogP contribution in [-0.2, 0) is 7.05 Å². The zero-order valence-electron chi connectivity index (χ0n) is 15.3. The first-order valence-corrected chi connectivity index (χ1v) is 8.72. The molecule has 4 rings (SSSR count). The molecule has 3 aromatic heterocycles. The number of nitrogens with one attached hydrogen (secondary N) is 2. The third kappa shape index (κ3) is 2.77. The average molecular weight is 364 g/mol. The van der Waals surface area contributed by atoms with Gasteiger partial charge in [0.1, 0.15) is 11.4 Å². The number of aromatic nitrogens is 3. The molecule has 1 amide bonds. The predicted octanol–water partition coefficient (Wildman–Crippen LogP) is 3.63. The maximum atomic E-state index is 13.1. The summed E-state index contributed by atoms with van der Waals surface area (Å²) in [6, 6.07) is 12.7. The first-order valence-electron chi connectivity index (χ1n) is 8.72. The van der Waals surface area contributed by atoms with Crippen LogP contribution in [0.2, 0.25) is 0 Å². The lowest BCUT2D eigenvalue weighted by Crippen LogP contribution is -2.23. The van der Waals surface area contributed by atoms with Crippen molar-refractivity contribution in [3.8, 4) is 5.69 Å². The van der Waals surface area contributed by atoms with E-state index in [9.17, 15) is 9.59 Å². The summed E-state index contributed by atoms with van der Waals surface area (Å²) in [5.41, 5.74) is 3.19. The fourth-order valence-corrected chi connectivity index (χ4v) is 3.41. The molecule has 0 fully saturated rings. The third-order valence-corrected chi connectivity index (χ3v) is 4.58. The van der Waals surface area contributed by atoms with Crippen molar-refractivity contribution in [2.45, 2.75) is 19.8 Å². The Kier molecular flexibility index (Phi) is 3.99. The van der Waals surface area contributed by atoms with Gasteiger partial charge >= 0.3 is 0 Å². The molecule has 3 heterocycles. The summed E-state index contributed by atoms with van der Waals surface area (Å²) in [5.74, 6) is -0.339. The number of anilines is 1. The van der Waals surface area contributed by atoms with Crippen LogP contribution in [0.1, 0.15) is 35.9 Å². The highest BCUT2D eigenvalue weighted by Crippen LogP contribution is 2.24. The van der Waals surface area contributed by atoms with Crippen molar-refractivity contribution in [2.24, 2.45) is 7.05 Å². The molecule has 0 spiro atoms. The van der Waals surface area contributed by atoms with E-state index < -0.39 is 0 Å². The minimum atomic E-state index is -0.383. The zero-order chi connectivity index (χ0) is 19.1. The molecule has 4 aromatic rings. The topological polar surface area (TPSA) is 85.0 Å². The summed E-state index contributed by atoms with van der Waals surface area (Å²) in [4.78, 5) is 28.8. The lowest BCUT2D eigenvalue weighted by Gasteiger charge is -2.12. The molecule has 0 bridgehead atoms. The molecule has 0 aliphatic heterocycles. The van der Waals surface area contributed by atoms with Crippen molar-refractivity contribution in [3.63, 3.8) is 0 Å². The molecule has 0 aliphatic carbocycles. The average Bonchev–Trinajstić information content (AvgIpc) is 3.29. The van der Waals surface area contributed by atoms with Crippen LogP contribution < -0.4 is 10.9 Å². The van der Waals surface area contributed by atoms with E-state index in [1.807, 2.05) is 51.2 Å². The van der Waals surface area contributed by atoms with Crippen molar-refractivity contribution in [2.75, 3.05) is 5.32 Å². The van der Waals surface area contributed by atoms with Gasteiger partial charge in [-0.15, -0.1) is 0 Å². The van der Waals surface area contributed by atoms with Crippen LogP contribution in [0.25, 0.3) is 16.8 Å². The van der Waals surface area contributed by atoms with Gasteiger partial charge in [0, 0.05) is 19.2 Å². The number of aromatic amines is 1. The van der Waals surface area contributed by atoms with E-state index in [-0.39, 0.29) is 23.1 Å². The fourth-order valence-electron chi connectivity index (χ4n) is 3.41. The van der Waals surface area contributed by atoms with Crippen molar-refractivity contribution in [1.82, 2.24) is 14.3 Å². The van der Waals surface area contributed by atoms with Crippen LogP contribution in [0.15, 0.2) is 57.9 Å². The van der Waals surface area contributed by atoms with E-state index in [2.05, 4.69) is 10.3 Å². The van der Waals surface area contributed by atoms with Crippen LogP contribution in [-0.4, -0.2) is 20.3 Å². The second-order valence-electron chi connectivity index (χ2n) is 6.73. The Labute approximate surface area is 155 Å². The van der Waals surface area contributed by atoms with E-state index in [4.69, 9.17) is 4.42 Å². The number of rotatable bonds is 4. The van der Waals surface area contributed by atoms with E-state index in [1.54, 1.807) is 27.8 Å². The maximum absolute atomic E-state index is 13.1. The fraction of sp³-hybridized carbons (Fsp3) is 0.200. The number of furan rings is 1. The van der Waals surface area contributed by atoms with Gasteiger partial charge in [-0.1, -0.05) is 32.0 Å². The first-order chi connectivity index (χ1) is 13.0. The molecule has 2 N–H and O–H groups in total. The third-order valence-electron chi connectivity index (χ3n) is 4.58. The van der Waals surface area contributed by atoms with Gasteiger partial charge in [0.2, 0.25) is 0 Å². The molecule has 0 saturated heterocycles. The molecule has 7 heteroatoms. The van der Waals surface area contributed by atoms with Crippen LogP contribution >= 0.6 is 0 Å². The molecule has 27 heavy (non-hydrogen) atoms. The molecule has 1 aromatic carbocycles. The van der Waals surface area contributed by atoms with Crippen LogP contribution in [0.5, 0.6) is 0 Å². The summed E-state index contributed by atoms with van der Waals surface area (Å²) in [5, 5.41) is 2.79. The summed E-state index contributed by atoms with van der Waals surface area (Å²) >= 11 is 0. The number of nitrogens with zero attached hydrogens (tertiary/aromatic N) is 2. The number of carbonyl (C=O) groups is 1. The zero-order valence-corrected chi connectivity index (χ0v) is 15.3. The largest absolute Gasteiger partial charge is 0.463 e. The van der Waals surface area contributed by atoms with Gasteiger partial charge in [-0.2, -0.15) is 0 Å². The number of fused-ring (bicyclic) bond motifs is 1. The SMILES string of the molecule is CC(C)c1c(NC(=O)c2cc3occc3[nH]2)c(=O)n(-c2ccccc2)n1C. The smallest absolute Gasteiger partial charge is 0.295 e. The number of hydrogen-bond donors (Lipinski definition) is 2. The molecule has 138 valence electrons. The van der Waals surface area contributed by atoms with Gasteiger partial charge in [-0.3, -0.25) is 14.3 Å². The molecule has 0 radical (unpaired) electrons. The summed E-state index contributed by atoms with van der Waals surface area (Å²) < 4.78 is 8.64. The van der Waals surface area contributed by atoms with E-state index in [0.29, 0.717) is 11.3 Å². The Morgan fingerprint density at radius 3 is 2.59 bits per heavy atom. The highest BCUT2D eigenvalue weighted by molar-refractivity contribution is 6.05. The van der Waals surface area contributed by atoms with Gasteiger partial charge in [0.15, 0.2) is 5.58 Å². The Hall–Kier alpha value is -3.48. The molecule has 0 saturated carbocycles. The number of carbonyl (C=O) groups excluding carboxylic acids is 1. The summed E-state index contributed by atoms with van der Waals surface area (Å²) in [6.07, 6.45) is 1.55. The van der Waals surface area contributed by atoms with E-state index >= 15 is 0 Å². The van der Waals surface area contributed by atoms with E-state index in [1.165, 1.54) is 0 Å². The van der Waals surface area contributed by atoms with Gasteiger partial charge in [0.05, 0.1) is 23.2 Å². The Bertz CT molecular complexity index is 1150. The second kappa shape index (κ2) is 6.35. The highest BCUT2D eigenvalue weighted by Gasteiger charge is 2.24.